The number of aromatic nitrogens is 3. The number of hydrogen-bond donors (Lipinski definition) is 2. The highest BCUT2D eigenvalue weighted by molar-refractivity contribution is 6.15. The lowest BCUT2D eigenvalue weighted by Crippen LogP contribution is -2.14. The summed E-state index contributed by atoms with van der Waals surface area (Å²) in [7, 11) is 0. The van der Waals surface area contributed by atoms with Crippen LogP contribution in [0.1, 0.15) is 16.1 Å². The second kappa shape index (κ2) is 3.22. The summed E-state index contributed by atoms with van der Waals surface area (Å²) in [5.74, 6) is -0.581. The maximum Gasteiger partial charge on any atom is 0.320 e. The lowest BCUT2D eigenvalue weighted by molar-refractivity contribution is 0.100. The number of amides is 1. The van der Waals surface area contributed by atoms with E-state index in [2.05, 4.69) is 26.5 Å². The number of carbonyl (C=O) groups is 1. The van der Waals surface area contributed by atoms with E-state index in [9.17, 15) is 9.59 Å². The molecule has 0 fully saturated rings. The normalized spacial score (nSPS) is 10.7. The van der Waals surface area contributed by atoms with Gasteiger partial charge >= 0.3 is 16.5 Å². The summed E-state index contributed by atoms with van der Waals surface area (Å²) in [6.07, 6.45) is 1.16. The van der Waals surface area contributed by atoms with Crippen molar-refractivity contribution in [2.24, 2.45) is 5.73 Å². The number of primary amides is 1. The van der Waals surface area contributed by atoms with Gasteiger partial charge in [-0.15, -0.1) is 0 Å². The molecule has 2 rings (SSSR count). The smallest absolute Gasteiger partial charge is 0.320 e. The highest BCUT2D eigenvalue weighted by Gasteiger charge is 2.16. The lowest BCUT2D eigenvalue weighted by atomic mass is 10.2. The van der Waals surface area contributed by atoms with Gasteiger partial charge in [-0.2, -0.15) is 0 Å². The molecule has 6 nitrogen and oxygen atoms in total. The van der Waals surface area contributed by atoms with E-state index in [4.69, 9.17) is 5.73 Å². The summed E-state index contributed by atoms with van der Waals surface area (Å²) < 4.78 is 1.63. The summed E-state index contributed by atoms with van der Waals surface area (Å²) in [5, 5.41) is 0. The van der Waals surface area contributed by atoms with Crippen LogP contribution >= 0.6 is 0 Å². The Hall–Kier alpha value is -1.58. The van der Waals surface area contributed by atoms with Gasteiger partial charge in [0.2, 0.25) is 0 Å². The van der Waals surface area contributed by atoms with Crippen LogP contribution < -0.4 is 11.3 Å². The minimum atomic E-state index is -0.581. The molecule has 0 bridgehead atoms. The summed E-state index contributed by atoms with van der Waals surface area (Å²) in [6, 6.07) is 0. The third-order valence-corrected chi connectivity index (χ3v) is 2.86. The molecular formula is C8H7AlN4O2. The highest BCUT2D eigenvalue weighted by Crippen LogP contribution is 2.18. The molecule has 15 heavy (non-hydrogen) atoms. The van der Waals surface area contributed by atoms with E-state index in [1.165, 1.54) is 0 Å². The van der Waals surface area contributed by atoms with Crippen LogP contribution in [0.3, 0.4) is 0 Å². The molecular weight excluding hydrogens is 211 g/mol. The summed E-state index contributed by atoms with van der Waals surface area (Å²) >= 11 is 2.41. The van der Waals surface area contributed by atoms with E-state index in [0.717, 1.165) is 6.20 Å². The van der Waals surface area contributed by atoms with Crippen LogP contribution in [0, 0.1) is 6.92 Å². The van der Waals surface area contributed by atoms with Gasteiger partial charge in [0.05, 0.1) is 17.3 Å². The van der Waals surface area contributed by atoms with Crippen molar-refractivity contribution < 1.29 is 4.79 Å². The van der Waals surface area contributed by atoms with E-state index in [-0.39, 0.29) is 5.56 Å². The zero-order valence-corrected chi connectivity index (χ0v) is 9.10. The number of nitrogens with two attached hydrogens (primary N) is 1. The fraction of sp³-hybridized carbons (Fsp3) is 0.125. The fourth-order valence-corrected chi connectivity index (χ4v) is 1.84. The van der Waals surface area contributed by atoms with Crippen LogP contribution in [-0.2, 0) is 0 Å². The molecule has 3 N–H and O–H groups in total. The summed E-state index contributed by atoms with van der Waals surface area (Å²) in [6.45, 7) is 1.73. The van der Waals surface area contributed by atoms with Crippen LogP contribution in [0.4, 0.5) is 0 Å². The van der Waals surface area contributed by atoms with E-state index in [1.807, 2.05) is 0 Å². The predicted octanol–water partition coefficient (Wildman–Crippen LogP) is -0.936. The maximum absolute atomic E-state index is 11.2. The van der Waals surface area contributed by atoms with Crippen LogP contribution in [0.25, 0.3) is 11.2 Å². The number of nitrogens with one attached hydrogen (secondary N) is 1. The van der Waals surface area contributed by atoms with E-state index < -0.39 is 5.91 Å². The molecule has 0 aliphatic carbocycles. The third-order valence-electron chi connectivity index (χ3n) is 2.22. The van der Waals surface area contributed by atoms with Gasteiger partial charge in [0.25, 0.3) is 11.5 Å². The van der Waals surface area contributed by atoms with Gasteiger partial charge < -0.3 is 14.3 Å². The standard InChI is InChI=1S/C8H8N4O2.Al/c1-3-5(7(9)14)6-8(11-3)10-2-4(13)12-6;/h2H,1H3,(H4,9,10,11,12,13,14);/q;+1/p-1. The van der Waals surface area contributed by atoms with Crippen molar-refractivity contribution in [3.05, 3.63) is 27.8 Å². The Morgan fingerprint density at radius 1 is 1.67 bits per heavy atom. The minimum Gasteiger partial charge on any atom is -0.439 e. The zero-order valence-electron chi connectivity index (χ0n) is 7.94. The Morgan fingerprint density at radius 3 is 2.93 bits per heavy atom. The van der Waals surface area contributed by atoms with E-state index >= 15 is 0 Å². The number of fused-ring (bicyclic) bond motifs is 1. The Kier molecular flexibility index (Phi) is 2.14. The molecule has 2 aromatic heterocycles. The van der Waals surface area contributed by atoms with Crippen molar-refractivity contribution in [2.75, 3.05) is 0 Å². The summed E-state index contributed by atoms with van der Waals surface area (Å²) in [4.78, 5) is 28.8. The Labute approximate surface area is 92.7 Å². The molecule has 2 radical (unpaired) electrons. The second-order valence-electron chi connectivity index (χ2n) is 3.14. The molecule has 0 aliphatic heterocycles. The topological polar surface area (TPSA) is 93.8 Å². The average Bonchev–Trinajstić information content (AvgIpc) is 2.39. The van der Waals surface area contributed by atoms with Crippen LogP contribution in [0.2, 0.25) is 0 Å². The van der Waals surface area contributed by atoms with E-state index in [1.54, 1.807) is 10.5 Å². The molecule has 7 heteroatoms. The number of rotatable bonds is 1. The second-order valence-corrected chi connectivity index (χ2v) is 3.66. The third kappa shape index (κ3) is 1.37. The largest absolute Gasteiger partial charge is 0.439 e. The monoisotopic (exact) mass is 218 g/mol. The first-order chi connectivity index (χ1) is 7.02. The van der Waals surface area contributed by atoms with Gasteiger partial charge in [-0.1, -0.05) is 0 Å². The molecule has 0 aliphatic rings. The molecule has 0 spiro atoms. The van der Waals surface area contributed by atoms with Gasteiger partial charge in [0.1, 0.15) is 5.65 Å². The van der Waals surface area contributed by atoms with Crippen LogP contribution in [-0.4, -0.2) is 35.9 Å². The SMILES string of the molecule is Cc1c(C(N)=O)c2[nH]c(=O)cnc2[n]1[Al]. The Bertz CT molecular complexity index is 613. The van der Waals surface area contributed by atoms with Crippen molar-refractivity contribution in [1.29, 1.82) is 0 Å². The Balaban J connectivity index is 3.01. The van der Waals surface area contributed by atoms with Crippen molar-refractivity contribution in [2.45, 2.75) is 6.92 Å². The number of hydrogen-bond acceptors (Lipinski definition) is 3. The molecule has 0 unspecified atom stereocenters. The van der Waals surface area contributed by atoms with Crippen molar-refractivity contribution in [3.8, 4) is 0 Å². The molecule has 0 aromatic carbocycles. The van der Waals surface area contributed by atoms with Crippen LogP contribution in [0.15, 0.2) is 11.0 Å². The first-order valence-electron chi connectivity index (χ1n) is 4.17. The van der Waals surface area contributed by atoms with Crippen molar-refractivity contribution >= 4 is 33.6 Å². The molecule has 74 valence electrons. The van der Waals surface area contributed by atoms with Crippen LogP contribution in [0.5, 0.6) is 0 Å². The molecule has 0 saturated carbocycles. The Morgan fingerprint density at radius 2 is 2.33 bits per heavy atom. The van der Waals surface area contributed by atoms with Gasteiger partial charge in [0.15, 0.2) is 0 Å². The molecule has 1 amide bonds. The highest BCUT2D eigenvalue weighted by atomic mass is 27.1. The predicted molar refractivity (Wildman–Crippen MR) is 54.8 cm³/mol. The molecule has 0 saturated heterocycles. The van der Waals surface area contributed by atoms with E-state index in [0.29, 0.717) is 22.4 Å². The quantitative estimate of drug-likeness (QED) is 0.605. The van der Waals surface area contributed by atoms with Crippen molar-refractivity contribution in [3.63, 3.8) is 0 Å². The lowest BCUT2D eigenvalue weighted by Gasteiger charge is -1.98. The van der Waals surface area contributed by atoms with Crippen molar-refractivity contribution in [1.82, 2.24) is 13.5 Å². The first-order valence-corrected chi connectivity index (χ1v) is 4.69. The van der Waals surface area contributed by atoms with Gasteiger partial charge in [-0.05, 0) is 6.92 Å². The van der Waals surface area contributed by atoms with Gasteiger partial charge in [-0.3, -0.25) is 9.59 Å². The molecule has 2 heterocycles. The van der Waals surface area contributed by atoms with Gasteiger partial charge in [-0.25, -0.2) is 4.98 Å². The molecule has 2 aromatic rings. The number of H-pyrrole nitrogens is 1. The average molecular weight is 218 g/mol. The summed E-state index contributed by atoms with van der Waals surface area (Å²) in [5.41, 5.74) is 6.70. The number of nitrogens with zero attached hydrogens (tertiary/aromatic N) is 2. The fourth-order valence-electron chi connectivity index (χ4n) is 1.51. The minimum absolute atomic E-state index is 0.296. The maximum atomic E-state index is 11.2. The number of carbonyl (C=O) groups excluding carboxylic acids is 1. The zero-order chi connectivity index (χ0) is 11.2. The first kappa shape index (κ1) is 9.96. The molecule has 0 atom stereocenters. The number of aromatic amines is 1. The van der Waals surface area contributed by atoms with Gasteiger partial charge in [0, 0.05) is 5.69 Å².